The summed E-state index contributed by atoms with van der Waals surface area (Å²) in [5.41, 5.74) is 1.32. The van der Waals surface area contributed by atoms with Crippen molar-refractivity contribution in [1.82, 2.24) is 4.98 Å². The van der Waals surface area contributed by atoms with E-state index in [1.165, 1.54) is 18.2 Å². The Bertz CT molecular complexity index is 264. The van der Waals surface area contributed by atoms with Gasteiger partial charge in [0.2, 0.25) is 0 Å². The van der Waals surface area contributed by atoms with E-state index in [-0.39, 0.29) is 8.41 Å². The number of benzene rings is 1. The summed E-state index contributed by atoms with van der Waals surface area (Å²) < 4.78 is 4.47. The lowest BCUT2D eigenvalue weighted by Crippen LogP contribution is -1.62. The van der Waals surface area contributed by atoms with Crippen molar-refractivity contribution in [2.45, 2.75) is 6.92 Å². The molecule has 1 heterocycles. The Balaban J connectivity index is 0.000000215. The van der Waals surface area contributed by atoms with Crippen molar-refractivity contribution in [3.8, 4) is 0 Å². The van der Waals surface area contributed by atoms with Gasteiger partial charge in [-0.1, -0.05) is 35.9 Å². The lowest BCUT2D eigenvalue weighted by molar-refractivity contribution is 0.558. The van der Waals surface area contributed by atoms with E-state index in [1.807, 2.05) is 18.2 Å². The van der Waals surface area contributed by atoms with Gasteiger partial charge < -0.3 is 4.42 Å². The molecule has 0 aliphatic rings. The fraction of sp³-hybridized carbons (Fsp3) is 0.100. The van der Waals surface area contributed by atoms with Crippen LogP contribution in [0.15, 0.2) is 53.6 Å². The van der Waals surface area contributed by atoms with Crippen LogP contribution in [0.25, 0.3) is 0 Å². The summed E-state index contributed by atoms with van der Waals surface area (Å²) in [6, 6.07) is 10.3. The van der Waals surface area contributed by atoms with Crippen molar-refractivity contribution in [3.05, 3.63) is 54.7 Å². The van der Waals surface area contributed by atoms with Gasteiger partial charge in [0.1, 0.15) is 6.26 Å². The maximum Gasteiger partial charge on any atom is 0.180 e. The van der Waals surface area contributed by atoms with Gasteiger partial charge in [-0.05, 0) is 6.92 Å². The zero-order chi connectivity index (χ0) is 8.65. The molecule has 0 saturated heterocycles. The topological polar surface area (TPSA) is 26.0 Å². The van der Waals surface area contributed by atoms with Gasteiger partial charge in [-0.2, -0.15) is 0 Å². The number of aromatic nitrogens is 1. The Labute approximate surface area is 80.2 Å². The molecule has 0 spiro atoms. The largest absolute Gasteiger partial charge is 0.452 e. The SMILES string of the molecule is Cc1ccccc1.[B].c1cocn1. The lowest BCUT2D eigenvalue weighted by Gasteiger charge is -1.82. The van der Waals surface area contributed by atoms with Crippen molar-refractivity contribution >= 4 is 8.41 Å². The molecule has 1 aromatic heterocycles. The molecule has 2 nitrogen and oxygen atoms in total. The van der Waals surface area contributed by atoms with Gasteiger partial charge in [0, 0.05) is 8.41 Å². The van der Waals surface area contributed by atoms with Crippen LogP contribution in [0.3, 0.4) is 0 Å². The van der Waals surface area contributed by atoms with Gasteiger partial charge >= 0.3 is 0 Å². The van der Waals surface area contributed by atoms with Crippen LogP contribution in [0.4, 0.5) is 0 Å². The molecule has 0 bridgehead atoms. The van der Waals surface area contributed by atoms with Crippen LogP contribution in [0.2, 0.25) is 0 Å². The second-order valence-electron chi connectivity index (χ2n) is 2.33. The third kappa shape index (κ3) is 5.73. The van der Waals surface area contributed by atoms with E-state index in [4.69, 9.17) is 0 Å². The highest BCUT2D eigenvalue weighted by atomic mass is 16.3. The summed E-state index contributed by atoms with van der Waals surface area (Å²) >= 11 is 0. The van der Waals surface area contributed by atoms with E-state index < -0.39 is 0 Å². The number of oxazole rings is 1. The predicted octanol–water partition coefficient (Wildman–Crippen LogP) is 2.29. The normalized spacial score (nSPS) is 7.77. The summed E-state index contributed by atoms with van der Waals surface area (Å²) in [6.07, 6.45) is 4.47. The molecule has 0 saturated carbocycles. The summed E-state index contributed by atoms with van der Waals surface area (Å²) in [6.45, 7) is 2.08. The van der Waals surface area contributed by atoms with Crippen molar-refractivity contribution in [2.75, 3.05) is 0 Å². The Morgan fingerprint density at radius 3 is 2.08 bits per heavy atom. The maximum atomic E-state index is 4.47. The molecule has 0 amide bonds. The quantitative estimate of drug-likeness (QED) is 0.569. The smallest absolute Gasteiger partial charge is 0.180 e. The molecule has 2 rings (SSSR count). The molecule has 3 radical (unpaired) electrons. The molecule has 13 heavy (non-hydrogen) atoms. The molecular formula is C10H11BNO. The molecule has 0 atom stereocenters. The first-order valence-electron chi connectivity index (χ1n) is 3.73. The molecule has 3 heteroatoms. The zero-order valence-electron chi connectivity index (χ0n) is 7.55. The Hall–Kier alpha value is -1.51. The van der Waals surface area contributed by atoms with Crippen molar-refractivity contribution in [3.63, 3.8) is 0 Å². The van der Waals surface area contributed by atoms with Crippen molar-refractivity contribution in [2.24, 2.45) is 0 Å². The molecule has 0 aliphatic carbocycles. The molecule has 0 unspecified atom stereocenters. The van der Waals surface area contributed by atoms with E-state index in [9.17, 15) is 0 Å². The van der Waals surface area contributed by atoms with E-state index in [0.717, 1.165) is 0 Å². The van der Waals surface area contributed by atoms with Crippen molar-refractivity contribution < 1.29 is 4.42 Å². The highest BCUT2D eigenvalue weighted by Crippen LogP contribution is 1.92. The molecule has 1 aromatic carbocycles. The second kappa shape index (κ2) is 7.16. The van der Waals surface area contributed by atoms with Crippen molar-refractivity contribution in [1.29, 1.82) is 0 Å². The molecule has 0 N–H and O–H groups in total. The van der Waals surface area contributed by atoms with E-state index in [0.29, 0.717) is 0 Å². The Morgan fingerprint density at radius 1 is 1.15 bits per heavy atom. The Kier molecular flexibility index (Phi) is 6.33. The number of aryl methyl sites for hydroxylation is 1. The number of hydrogen-bond acceptors (Lipinski definition) is 2. The number of hydrogen-bond donors (Lipinski definition) is 0. The Morgan fingerprint density at radius 2 is 1.85 bits per heavy atom. The average Bonchev–Trinajstić information content (AvgIpc) is 2.62. The fourth-order valence-corrected chi connectivity index (χ4v) is 0.710. The molecule has 0 fully saturated rings. The van der Waals surface area contributed by atoms with Crippen LogP contribution < -0.4 is 0 Å². The van der Waals surface area contributed by atoms with Gasteiger partial charge in [-0.3, -0.25) is 0 Å². The third-order valence-corrected chi connectivity index (χ3v) is 1.29. The lowest BCUT2D eigenvalue weighted by atomic mass is 10.2. The van der Waals surface area contributed by atoms with E-state index in [1.54, 1.807) is 6.20 Å². The van der Waals surface area contributed by atoms with Gasteiger partial charge in [0.05, 0.1) is 6.20 Å². The van der Waals surface area contributed by atoms with Crippen LogP contribution in [-0.4, -0.2) is 13.4 Å². The first-order valence-corrected chi connectivity index (χ1v) is 3.73. The molecular weight excluding hydrogens is 161 g/mol. The van der Waals surface area contributed by atoms with E-state index >= 15 is 0 Å². The highest BCUT2D eigenvalue weighted by Gasteiger charge is 1.72. The zero-order valence-corrected chi connectivity index (χ0v) is 7.55. The van der Waals surface area contributed by atoms with E-state index in [2.05, 4.69) is 28.5 Å². The van der Waals surface area contributed by atoms with Crippen LogP contribution in [0, 0.1) is 6.92 Å². The summed E-state index contributed by atoms with van der Waals surface area (Å²) in [4.78, 5) is 3.56. The summed E-state index contributed by atoms with van der Waals surface area (Å²) in [7, 11) is 0. The standard InChI is InChI=1S/C7H8.C3H3NO.B/c1-7-5-3-2-4-6-7;1-2-5-3-4-1;/h2-6H,1H3;1-3H;. The van der Waals surface area contributed by atoms with Crippen LogP contribution in [0.5, 0.6) is 0 Å². The average molecular weight is 172 g/mol. The minimum atomic E-state index is 0. The summed E-state index contributed by atoms with van der Waals surface area (Å²) in [5, 5.41) is 0. The van der Waals surface area contributed by atoms with Crippen LogP contribution in [0.1, 0.15) is 5.56 Å². The molecule has 65 valence electrons. The van der Waals surface area contributed by atoms with Gasteiger partial charge in [-0.15, -0.1) is 0 Å². The first kappa shape index (κ1) is 11.5. The van der Waals surface area contributed by atoms with Gasteiger partial charge in [0.25, 0.3) is 0 Å². The number of nitrogens with zero attached hydrogens (tertiary/aromatic N) is 1. The molecule has 2 aromatic rings. The fourth-order valence-electron chi connectivity index (χ4n) is 0.710. The molecule has 0 aliphatic heterocycles. The second-order valence-corrected chi connectivity index (χ2v) is 2.33. The van der Waals surface area contributed by atoms with Gasteiger partial charge in [0.15, 0.2) is 6.39 Å². The van der Waals surface area contributed by atoms with Crippen LogP contribution in [-0.2, 0) is 0 Å². The van der Waals surface area contributed by atoms with Gasteiger partial charge in [-0.25, -0.2) is 4.98 Å². The highest BCUT2D eigenvalue weighted by molar-refractivity contribution is 5.75. The predicted molar refractivity (Wildman–Crippen MR) is 53.4 cm³/mol. The van der Waals surface area contributed by atoms with Crippen LogP contribution >= 0.6 is 0 Å². The first-order chi connectivity index (χ1) is 5.89. The maximum absolute atomic E-state index is 4.47. The minimum absolute atomic E-state index is 0. The number of rotatable bonds is 0. The third-order valence-electron chi connectivity index (χ3n) is 1.29. The monoisotopic (exact) mass is 172 g/mol. The minimum Gasteiger partial charge on any atom is -0.452 e. The summed E-state index contributed by atoms with van der Waals surface area (Å²) in [5.74, 6) is 0.